The molecule has 1 rings (SSSR count). The maximum atomic E-state index is 11.2. The van der Waals surface area contributed by atoms with Gasteiger partial charge in [-0.1, -0.05) is 13.0 Å². The molecule has 1 heterocycles. The van der Waals surface area contributed by atoms with Crippen LogP contribution in [0.4, 0.5) is 0 Å². The van der Waals surface area contributed by atoms with Crippen LogP contribution in [0.1, 0.15) is 25.5 Å². The molecular weight excluding hydrogens is 178 g/mol. The minimum absolute atomic E-state index is 0.0657. The van der Waals surface area contributed by atoms with E-state index in [1.165, 1.54) is 6.08 Å². The third-order valence-electron chi connectivity index (χ3n) is 1.72. The van der Waals surface area contributed by atoms with Crippen molar-refractivity contribution in [3.05, 3.63) is 36.2 Å². The number of ketones is 1. The first-order chi connectivity index (χ1) is 6.74. The van der Waals surface area contributed by atoms with Crippen molar-refractivity contribution < 1.29 is 9.90 Å². The van der Waals surface area contributed by atoms with Crippen LogP contribution in [0, 0.1) is 0 Å². The number of aromatic nitrogens is 1. The normalized spacial score (nSPS) is 11.4. The van der Waals surface area contributed by atoms with Gasteiger partial charge in [0.1, 0.15) is 11.5 Å². The molecule has 0 spiro atoms. The van der Waals surface area contributed by atoms with Crippen LogP contribution >= 0.6 is 0 Å². The Bertz CT molecular complexity index is 330. The largest absolute Gasteiger partial charge is 0.506 e. The summed E-state index contributed by atoms with van der Waals surface area (Å²) in [5, 5.41) is 9.50. The number of hydrogen-bond acceptors (Lipinski definition) is 3. The van der Waals surface area contributed by atoms with Gasteiger partial charge in [0.15, 0.2) is 5.78 Å². The van der Waals surface area contributed by atoms with E-state index in [2.05, 4.69) is 4.98 Å². The van der Waals surface area contributed by atoms with E-state index in [0.717, 1.165) is 6.42 Å². The fourth-order valence-electron chi connectivity index (χ4n) is 1.06. The molecule has 0 saturated carbocycles. The summed E-state index contributed by atoms with van der Waals surface area (Å²) < 4.78 is 0. The average molecular weight is 191 g/mol. The number of pyridine rings is 1. The second-order valence-corrected chi connectivity index (χ2v) is 2.96. The van der Waals surface area contributed by atoms with E-state index >= 15 is 0 Å². The monoisotopic (exact) mass is 191 g/mol. The highest BCUT2D eigenvalue weighted by Crippen LogP contribution is 2.07. The van der Waals surface area contributed by atoms with Gasteiger partial charge in [0.2, 0.25) is 0 Å². The summed E-state index contributed by atoms with van der Waals surface area (Å²) in [5.41, 5.74) is 0.428. The molecule has 3 nitrogen and oxygen atoms in total. The molecular formula is C11H13NO2. The highest BCUT2D eigenvalue weighted by Gasteiger charge is 2.02. The summed E-state index contributed by atoms with van der Waals surface area (Å²) in [5.74, 6) is -0.139. The molecule has 1 aromatic heterocycles. The van der Waals surface area contributed by atoms with Crippen molar-refractivity contribution in [1.82, 2.24) is 4.98 Å². The Labute approximate surface area is 83.1 Å². The van der Waals surface area contributed by atoms with E-state index in [1.807, 2.05) is 6.92 Å². The van der Waals surface area contributed by atoms with Crippen LogP contribution in [0.15, 0.2) is 30.5 Å². The van der Waals surface area contributed by atoms with Crippen molar-refractivity contribution in [3.63, 3.8) is 0 Å². The second kappa shape index (κ2) is 5.17. The summed E-state index contributed by atoms with van der Waals surface area (Å²) >= 11 is 0. The predicted molar refractivity (Wildman–Crippen MR) is 54.8 cm³/mol. The van der Waals surface area contributed by atoms with Crippen LogP contribution in [-0.4, -0.2) is 15.9 Å². The molecule has 0 aliphatic carbocycles. The molecule has 0 amide bonds. The summed E-state index contributed by atoms with van der Waals surface area (Å²) in [6.07, 6.45) is 4.04. The molecule has 0 bridgehead atoms. The van der Waals surface area contributed by atoms with Crippen LogP contribution in [-0.2, 0) is 4.79 Å². The lowest BCUT2D eigenvalue weighted by atomic mass is 10.2. The Balaban J connectivity index is 2.75. The molecule has 0 unspecified atom stereocenters. The second-order valence-electron chi connectivity index (χ2n) is 2.96. The van der Waals surface area contributed by atoms with Gasteiger partial charge >= 0.3 is 0 Å². The van der Waals surface area contributed by atoms with Gasteiger partial charge in [-0.15, -0.1) is 0 Å². The minimum Gasteiger partial charge on any atom is -0.506 e. The van der Waals surface area contributed by atoms with E-state index in [0.29, 0.717) is 12.1 Å². The quantitative estimate of drug-likeness (QED) is 0.587. The van der Waals surface area contributed by atoms with Gasteiger partial charge < -0.3 is 5.11 Å². The van der Waals surface area contributed by atoms with Gasteiger partial charge in [-0.2, -0.15) is 0 Å². The van der Waals surface area contributed by atoms with Gasteiger partial charge in [0.25, 0.3) is 0 Å². The smallest absolute Gasteiger partial charge is 0.159 e. The first kappa shape index (κ1) is 10.4. The van der Waals surface area contributed by atoms with Crippen LogP contribution in [0.25, 0.3) is 5.76 Å². The SMILES string of the molecule is CCCC(=O)/C=C(\O)c1ccccn1. The Hall–Kier alpha value is -1.64. The zero-order valence-corrected chi connectivity index (χ0v) is 8.10. The Kier molecular flexibility index (Phi) is 3.85. The van der Waals surface area contributed by atoms with Gasteiger partial charge in [-0.25, -0.2) is 0 Å². The van der Waals surface area contributed by atoms with E-state index in [4.69, 9.17) is 0 Å². The van der Waals surface area contributed by atoms with Crippen molar-refractivity contribution in [2.24, 2.45) is 0 Å². The first-order valence-electron chi connectivity index (χ1n) is 4.59. The van der Waals surface area contributed by atoms with Crippen molar-refractivity contribution in [2.45, 2.75) is 19.8 Å². The average Bonchev–Trinajstić information content (AvgIpc) is 2.19. The summed E-state index contributed by atoms with van der Waals surface area (Å²) in [4.78, 5) is 15.1. The maximum Gasteiger partial charge on any atom is 0.159 e. The number of nitrogens with zero attached hydrogens (tertiary/aromatic N) is 1. The number of rotatable bonds is 4. The highest BCUT2D eigenvalue weighted by molar-refractivity contribution is 5.94. The summed E-state index contributed by atoms with van der Waals surface area (Å²) in [6.45, 7) is 1.92. The zero-order valence-electron chi connectivity index (χ0n) is 8.10. The van der Waals surface area contributed by atoms with Crippen molar-refractivity contribution >= 4 is 11.5 Å². The number of aliphatic hydroxyl groups excluding tert-OH is 1. The number of allylic oxidation sites excluding steroid dienone is 1. The lowest BCUT2D eigenvalue weighted by molar-refractivity contribution is -0.114. The lowest BCUT2D eigenvalue weighted by Gasteiger charge is -1.97. The summed E-state index contributed by atoms with van der Waals surface area (Å²) in [6, 6.07) is 5.17. The number of carbonyl (C=O) groups excluding carboxylic acids is 1. The molecule has 0 atom stereocenters. The molecule has 0 aromatic carbocycles. The zero-order chi connectivity index (χ0) is 10.4. The molecule has 3 heteroatoms. The third-order valence-corrected chi connectivity index (χ3v) is 1.72. The molecule has 0 radical (unpaired) electrons. The minimum atomic E-state index is -0.0735. The molecule has 0 aliphatic rings. The van der Waals surface area contributed by atoms with E-state index in [9.17, 15) is 9.90 Å². The maximum absolute atomic E-state index is 11.2. The predicted octanol–water partition coefficient (Wildman–Crippen LogP) is 2.35. The van der Waals surface area contributed by atoms with Gasteiger partial charge in [-0.05, 0) is 18.6 Å². The molecule has 0 fully saturated rings. The van der Waals surface area contributed by atoms with Crippen LogP contribution in [0.3, 0.4) is 0 Å². The number of aliphatic hydroxyl groups is 1. The van der Waals surface area contributed by atoms with E-state index < -0.39 is 0 Å². The van der Waals surface area contributed by atoms with E-state index in [1.54, 1.807) is 24.4 Å². The molecule has 14 heavy (non-hydrogen) atoms. The topological polar surface area (TPSA) is 50.2 Å². The van der Waals surface area contributed by atoms with Gasteiger partial charge in [0, 0.05) is 18.7 Å². The Morgan fingerprint density at radius 3 is 2.93 bits per heavy atom. The Morgan fingerprint density at radius 2 is 2.36 bits per heavy atom. The molecule has 1 aromatic rings. The molecule has 74 valence electrons. The molecule has 0 aliphatic heterocycles. The fraction of sp³-hybridized carbons (Fsp3) is 0.273. The van der Waals surface area contributed by atoms with Crippen LogP contribution in [0.2, 0.25) is 0 Å². The van der Waals surface area contributed by atoms with Crippen molar-refractivity contribution in [1.29, 1.82) is 0 Å². The number of hydrogen-bond donors (Lipinski definition) is 1. The van der Waals surface area contributed by atoms with Gasteiger partial charge in [0.05, 0.1) is 0 Å². The lowest BCUT2D eigenvalue weighted by Crippen LogP contribution is -1.95. The van der Waals surface area contributed by atoms with Crippen LogP contribution in [0.5, 0.6) is 0 Å². The van der Waals surface area contributed by atoms with Crippen molar-refractivity contribution in [3.8, 4) is 0 Å². The summed E-state index contributed by atoms with van der Waals surface area (Å²) in [7, 11) is 0. The number of carbonyl (C=O) groups is 1. The molecule has 0 saturated heterocycles. The fourth-order valence-corrected chi connectivity index (χ4v) is 1.06. The van der Waals surface area contributed by atoms with Crippen molar-refractivity contribution in [2.75, 3.05) is 0 Å². The van der Waals surface area contributed by atoms with E-state index in [-0.39, 0.29) is 11.5 Å². The standard InChI is InChI=1S/C11H13NO2/c1-2-5-9(13)8-11(14)10-6-3-4-7-12-10/h3-4,6-8,14H,2,5H2,1H3/b11-8-. The van der Waals surface area contributed by atoms with Gasteiger partial charge in [-0.3, -0.25) is 9.78 Å². The third kappa shape index (κ3) is 3.01. The van der Waals surface area contributed by atoms with Crippen LogP contribution < -0.4 is 0 Å². The Morgan fingerprint density at radius 1 is 1.57 bits per heavy atom. The highest BCUT2D eigenvalue weighted by atomic mass is 16.3. The first-order valence-corrected chi connectivity index (χ1v) is 4.59. The molecule has 1 N–H and O–H groups in total.